The van der Waals surface area contributed by atoms with E-state index in [1.807, 2.05) is 24.3 Å². The van der Waals surface area contributed by atoms with Gasteiger partial charge in [0.2, 0.25) is 5.91 Å². The lowest BCUT2D eigenvalue weighted by atomic mass is 10.0. The number of methoxy groups -OCH3 is 1. The number of hydrogen-bond acceptors (Lipinski definition) is 4. The van der Waals surface area contributed by atoms with E-state index in [0.717, 1.165) is 23.5 Å². The van der Waals surface area contributed by atoms with Gasteiger partial charge in [-0.2, -0.15) is 0 Å². The van der Waals surface area contributed by atoms with Crippen molar-refractivity contribution in [3.63, 3.8) is 0 Å². The predicted octanol–water partition coefficient (Wildman–Crippen LogP) is 2.16. The number of carboxylic acids is 1. The van der Waals surface area contributed by atoms with E-state index in [1.165, 1.54) is 11.8 Å². The first-order chi connectivity index (χ1) is 10.1. The first-order valence-electron chi connectivity index (χ1n) is 6.89. The van der Waals surface area contributed by atoms with Gasteiger partial charge in [0.15, 0.2) is 0 Å². The monoisotopic (exact) mass is 309 g/mol. The summed E-state index contributed by atoms with van der Waals surface area (Å²) in [5, 5.41) is 11.9. The van der Waals surface area contributed by atoms with Gasteiger partial charge in [-0.1, -0.05) is 6.42 Å². The van der Waals surface area contributed by atoms with Crippen molar-refractivity contribution in [2.45, 2.75) is 30.2 Å². The SMILES string of the molecule is COc1ccc(SCC(=O)NC2CCCC2C(=O)O)cc1. The molecule has 0 radical (unpaired) electrons. The van der Waals surface area contributed by atoms with E-state index >= 15 is 0 Å². The predicted molar refractivity (Wildman–Crippen MR) is 80.6 cm³/mol. The van der Waals surface area contributed by atoms with Crippen molar-refractivity contribution in [1.82, 2.24) is 5.32 Å². The Morgan fingerprint density at radius 2 is 2.05 bits per heavy atom. The standard InChI is InChI=1S/C15H19NO4S/c1-20-10-5-7-11(8-6-10)21-9-14(17)16-13-4-2-3-12(13)15(18)19/h5-8,12-13H,2-4,9H2,1H3,(H,16,17)(H,18,19). The van der Waals surface area contributed by atoms with Crippen LogP contribution in [-0.2, 0) is 9.59 Å². The van der Waals surface area contributed by atoms with E-state index in [9.17, 15) is 9.59 Å². The van der Waals surface area contributed by atoms with Crippen molar-refractivity contribution < 1.29 is 19.4 Å². The van der Waals surface area contributed by atoms with Crippen molar-refractivity contribution in [1.29, 1.82) is 0 Å². The van der Waals surface area contributed by atoms with Gasteiger partial charge in [0.1, 0.15) is 5.75 Å². The summed E-state index contributed by atoms with van der Waals surface area (Å²) in [7, 11) is 1.61. The third-order valence-electron chi connectivity index (χ3n) is 3.61. The lowest BCUT2D eigenvalue weighted by molar-refractivity contribution is -0.142. The van der Waals surface area contributed by atoms with Gasteiger partial charge in [-0.25, -0.2) is 0 Å². The van der Waals surface area contributed by atoms with Crippen molar-refractivity contribution in [2.24, 2.45) is 5.92 Å². The topological polar surface area (TPSA) is 75.6 Å². The average Bonchev–Trinajstić information content (AvgIpc) is 2.94. The zero-order chi connectivity index (χ0) is 15.2. The first-order valence-corrected chi connectivity index (χ1v) is 7.87. The second-order valence-electron chi connectivity index (χ2n) is 5.01. The van der Waals surface area contributed by atoms with Gasteiger partial charge in [-0.15, -0.1) is 11.8 Å². The van der Waals surface area contributed by atoms with Gasteiger partial charge in [-0.3, -0.25) is 9.59 Å². The highest BCUT2D eigenvalue weighted by atomic mass is 32.2. The van der Waals surface area contributed by atoms with E-state index in [-0.39, 0.29) is 17.7 Å². The lowest BCUT2D eigenvalue weighted by Crippen LogP contribution is -2.40. The smallest absolute Gasteiger partial charge is 0.308 e. The number of carbonyl (C=O) groups excluding carboxylic acids is 1. The van der Waals surface area contributed by atoms with Crippen LogP contribution in [0.3, 0.4) is 0 Å². The third-order valence-corrected chi connectivity index (χ3v) is 4.62. The molecule has 2 atom stereocenters. The molecule has 1 fully saturated rings. The minimum atomic E-state index is -0.819. The number of aliphatic carboxylic acids is 1. The molecule has 21 heavy (non-hydrogen) atoms. The van der Waals surface area contributed by atoms with Crippen LogP contribution in [0, 0.1) is 5.92 Å². The molecule has 1 aromatic carbocycles. The van der Waals surface area contributed by atoms with Crippen LogP contribution in [0.4, 0.5) is 0 Å². The Labute approximate surface area is 128 Å². The molecular formula is C15H19NO4S. The Balaban J connectivity index is 1.80. The number of thioether (sulfide) groups is 1. The maximum Gasteiger partial charge on any atom is 0.308 e. The summed E-state index contributed by atoms with van der Waals surface area (Å²) in [4.78, 5) is 24.0. The van der Waals surface area contributed by atoms with E-state index in [0.29, 0.717) is 6.42 Å². The Morgan fingerprint density at radius 3 is 2.67 bits per heavy atom. The van der Waals surface area contributed by atoms with Crippen molar-refractivity contribution >= 4 is 23.6 Å². The van der Waals surface area contributed by atoms with Crippen LogP contribution >= 0.6 is 11.8 Å². The molecule has 1 saturated carbocycles. The van der Waals surface area contributed by atoms with E-state index in [1.54, 1.807) is 7.11 Å². The van der Waals surface area contributed by atoms with Gasteiger partial charge in [-0.05, 0) is 37.1 Å². The molecule has 0 heterocycles. The van der Waals surface area contributed by atoms with Gasteiger partial charge in [0, 0.05) is 10.9 Å². The van der Waals surface area contributed by atoms with Crippen LogP contribution in [0.2, 0.25) is 0 Å². The molecule has 2 N–H and O–H groups in total. The summed E-state index contributed by atoms with van der Waals surface area (Å²) in [6, 6.07) is 7.25. The molecule has 1 aromatic rings. The molecule has 1 amide bonds. The van der Waals surface area contributed by atoms with Crippen LogP contribution < -0.4 is 10.1 Å². The van der Waals surface area contributed by atoms with Gasteiger partial charge in [0.25, 0.3) is 0 Å². The fraction of sp³-hybridized carbons (Fsp3) is 0.467. The lowest BCUT2D eigenvalue weighted by Gasteiger charge is -2.17. The quantitative estimate of drug-likeness (QED) is 0.788. The maximum absolute atomic E-state index is 11.9. The largest absolute Gasteiger partial charge is 0.497 e. The molecule has 2 rings (SSSR count). The number of carboxylic acid groups (broad SMARTS) is 1. The Morgan fingerprint density at radius 1 is 1.33 bits per heavy atom. The van der Waals surface area contributed by atoms with Gasteiger partial charge in [0.05, 0.1) is 18.8 Å². The van der Waals surface area contributed by atoms with E-state index in [2.05, 4.69) is 5.32 Å². The van der Waals surface area contributed by atoms with Crippen LogP contribution in [-0.4, -0.2) is 35.9 Å². The number of ether oxygens (including phenoxy) is 1. The zero-order valence-corrected chi connectivity index (χ0v) is 12.7. The Bertz CT molecular complexity index is 503. The second-order valence-corrected chi connectivity index (χ2v) is 6.06. The highest BCUT2D eigenvalue weighted by Crippen LogP contribution is 2.26. The van der Waals surface area contributed by atoms with E-state index < -0.39 is 11.9 Å². The minimum Gasteiger partial charge on any atom is -0.497 e. The summed E-state index contributed by atoms with van der Waals surface area (Å²) >= 11 is 1.43. The molecule has 0 bridgehead atoms. The number of nitrogens with one attached hydrogen (secondary N) is 1. The number of rotatable bonds is 6. The highest BCUT2D eigenvalue weighted by Gasteiger charge is 2.33. The number of carbonyl (C=O) groups is 2. The molecule has 1 aliphatic carbocycles. The fourth-order valence-corrected chi connectivity index (χ4v) is 3.21. The number of benzene rings is 1. The molecule has 0 saturated heterocycles. The summed E-state index contributed by atoms with van der Waals surface area (Å²) in [6.45, 7) is 0. The zero-order valence-electron chi connectivity index (χ0n) is 11.9. The average molecular weight is 309 g/mol. The second kappa shape index (κ2) is 7.36. The van der Waals surface area contributed by atoms with Crippen LogP contribution in [0.25, 0.3) is 0 Å². The highest BCUT2D eigenvalue weighted by molar-refractivity contribution is 8.00. The fourth-order valence-electron chi connectivity index (χ4n) is 2.50. The molecule has 5 nitrogen and oxygen atoms in total. The van der Waals surface area contributed by atoms with Gasteiger partial charge >= 0.3 is 5.97 Å². The Kier molecular flexibility index (Phi) is 5.50. The Hall–Kier alpha value is -1.69. The molecule has 0 spiro atoms. The first kappa shape index (κ1) is 15.7. The third kappa shape index (κ3) is 4.39. The van der Waals surface area contributed by atoms with Crippen molar-refractivity contribution in [2.75, 3.05) is 12.9 Å². The molecule has 6 heteroatoms. The summed E-state index contributed by atoms with van der Waals surface area (Å²) in [5.41, 5.74) is 0. The van der Waals surface area contributed by atoms with Crippen molar-refractivity contribution in [3.05, 3.63) is 24.3 Å². The summed E-state index contributed by atoms with van der Waals surface area (Å²) < 4.78 is 5.07. The molecule has 0 aliphatic heterocycles. The maximum atomic E-state index is 11.9. The molecule has 114 valence electrons. The van der Waals surface area contributed by atoms with Gasteiger partial charge < -0.3 is 15.2 Å². The van der Waals surface area contributed by atoms with Crippen molar-refractivity contribution in [3.8, 4) is 5.75 Å². The molecular weight excluding hydrogens is 290 g/mol. The molecule has 2 unspecified atom stereocenters. The minimum absolute atomic E-state index is 0.117. The summed E-state index contributed by atoms with van der Waals surface area (Å²) in [6.07, 6.45) is 2.25. The number of amides is 1. The van der Waals surface area contributed by atoms with Crippen LogP contribution in [0.5, 0.6) is 5.75 Å². The van der Waals surface area contributed by atoms with E-state index in [4.69, 9.17) is 9.84 Å². The number of hydrogen-bond donors (Lipinski definition) is 2. The summed E-state index contributed by atoms with van der Waals surface area (Å²) in [5.74, 6) is -0.316. The molecule has 1 aliphatic rings. The van der Waals surface area contributed by atoms with Crippen LogP contribution in [0.15, 0.2) is 29.2 Å². The van der Waals surface area contributed by atoms with Crippen LogP contribution in [0.1, 0.15) is 19.3 Å². The normalized spacial score (nSPS) is 21.0. The molecule has 0 aromatic heterocycles.